The molecular weight excluding hydrogens is 532 g/mol. The van der Waals surface area contributed by atoms with E-state index in [0.717, 1.165) is 11.3 Å². The number of ether oxygens (including phenoxy) is 3. The summed E-state index contributed by atoms with van der Waals surface area (Å²) in [5, 5.41) is 11.3. The zero-order valence-electron chi connectivity index (χ0n) is 22.4. The van der Waals surface area contributed by atoms with E-state index in [4.69, 9.17) is 31.4 Å². The number of rotatable bonds is 8. The number of benzene rings is 2. The molecule has 4 aromatic rings. The second kappa shape index (κ2) is 11.2. The van der Waals surface area contributed by atoms with E-state index >= 15 is 0 Å². The molecule has 2 aromatic carbocycles. The van der Waals surface area contributed by atoms with E-state index in [0.29, 0.717) is 51.3 Å². The Morgan fingerprint density at radius 1 is 1.12 bits per heavy atom. The van der Waals surface area contributed by atoms with Crippen LogP contribution in [-0.4, -0.2) is 44.1 Å². The lowest BCUT2D eigenvalue weighted by molar-refractivity contribution is -0.136. The second-order valence-electron chi connectivity index (χ2n) is 9.01. The molecule has 1 aliphatic rings. The number of nitrogens with one attached hydrogen (secondary N) is 2. The van der Waals surface area contributed by atoms with Gasteiger partial charge in [-0.2, -0.15) is 5.10 Å². The van der Waals surface area contributed by atoms with Crippen LogP contribution in [0.3, 0.4) is 0 Å². The van der Waals surface area contributed by atoms with E-state index in [1.807, 2.05) is 43.3 Å². The predicted octanol–water partition coefficient (Wildman–Crippen LogP) is 3.06. The third-order valence-electron chi connectivity index (χ3n) is 6.53. The second-order valence-corrected chi connectivity index (χ2v) is 9.42. The number of nitrogens with zero attached hydrogens (tertiary/aromatic N) is 4. The minimum Gasteiger partial charge on any atom is -0.490 e. The van der Waals surface area contributed by atoms with Crippen LogP contribution in [0.25, 0.3) is 16.7 Å². The van der Waals surface area contributed by atoms with Crippen LogP contribution in [0.4, 0.5) is 0 Å². The third kappa shape index (κ3) is 5.00. The van der Waals surface area contributed by atoms with Crippen molar-refractivity contribution < 1.29 is 19.0 Å². The molecule has 40 heavy (non-hydrogen) atoms. The van der Waals surface area contributed by atoms with Crippen molar-refractivity contribution >= 4 is 34.3 Å². The molecule has 0 bridgehead atoms. The number of thiocarbonyl (C=S) groups is 1. The molecule has 1 aliphatic heterocycles. The van der Waals surface area contributed by atoms with E-state index in [1.54, 1.807) is 30.8 Å². The third-order valence-corrected chi connectivity index (χ3v) is 6.75. The lowest BCUT2D eigenvalue weighted by Gasteiger charge is -2.30. The monoisotopic (exact) mass is 560 g/mol. The number of hydrogen-bond donors (Lipinski definition) is 2. The van der Waals surface area contributed by atoms with Crippen LogP contribution in [0.1, 0.15) is 31.3 Å². The first kappa shape index (κ1) is 26.9. The van der Waals surface area contributed by atoms with Crippen LogP contribution in [0.5, 0.6) is 11.5 Å². The highest BCUT2D eigenvalue weighted by atomic mass is 32.1. The van der Waals surface area contributed by atoms with Gasteiger partial charge in [-0.3, -0.25) is 9.36 Å². The Kier molecular flexibility index (Phi) is 7.52. The van der Waals surface area contributed by atoms with Gasteiger partial charge in [0.05, 0.1) is 37.2 Å². The molecule has 3 heterocycles. The lowest BCUT2D eigenvalue weighted by atomic mass is 9.95. The molecule has 5 rings (SSSR count). The average Bonchev–Trinajstić information content (AvgIpc) is 3.38. The summed E-state index contributed by atoms with van der Waals surface area (Å²) in [4.78, 5) is 30.4. The number of carbonyl (C=O) groups is 1. The van der Waals surface area contributed by atoms with E-state index in [9.17, 15) is 9.59 Å². The maximum atomic E-state index is 13.1. The highest BCUT2D eigenvalue weighted by molar-refractivity contribution is 7.80. The highest BCUT2D eigenvalue weighted by Crippen LogP contribution is 2.35. The molecule has 0 spiro atoms. The number of carbonyl (C=O) groups excluding carboxylic acids is 1. The Hall–Kier alpha value is -4.71. The standard InChI is InChI=1S/C28H28N6O5S/c1-5-38-21-13-17(24-23(27(36)37-4)16(2)30-28(40)32-24)11-12-20(21)39-15-22-31-25-19(26(35)33(22)3)14-29-34(25)18-9-7-6-8-10-18/h6-14,24H,5,15H2,1-4H3,(H2,30,32,40). The van der Waals surface area contributed by atoms with Crippen LogP contribution in [0.2, 0.25) is 0 Å². The van der Waals surface area contributed by atoms with Gasteiger partial charge in [-0.25, -0.2) is 14.5 Å². The van der Waals surface area contributed by atoms with Gasteiger partial charge in [0.15, 0.2) is 28.1 Å². The molecule has 1 atom stereocenters. The van der Waals surface area contributed by atoms with Gasteiger partial charge in [0.1, 0.15) is 12.0 Å². The summed E-state index contributed by atoms with van der Waals surface area (Å²) in [6.07, 6.45) is 1.52. The molecule has 0 aliphatic carbocycles. The van der Waals surface area contributed by atoms with Crippen molar-refractivity contribution in [2.24, 2.45) is 7.05 Å². The summed E-state index contributed by atoms with van der Waals surface area (Å²) in [6, 6.07) is 14.3. The molecule has 0 amide bonds. The van der Waals surface area contributed by atoms with E-state index in [1.165, 1.54) is 17.9 Å². The van der Waals surface area contributed by atoms with Gasteiger partial charge < -0.3 is 24.8 Å². The predicted molar refractivity (Wildman–Crippen MR) is 152 cm³/mol. The van der Waals surface area contributed by atoms with E-state index < -0.39 is 12.0 Å². The van der Waals surface area contributed by atoms with Gasteiger partial charge in [0.2, 0.25) is 0 Å². The van der Waals surface area contributed by atoms with Crippen LogP contribution in [-0.2, 0) is 23.2 Å². The Morgan fingerprint density at radius 2 is 1.90 bits per heavy atom. The van der Waals surface area contributed by atoms with Crippen LogP contribution < -0.4 is 25.7 Å². The molecule has 0 saturated heterocycles. The van der Waals surface area contributed by atoms with Gasteiger partial charge in [-0.05, 0) is 55.9 Å². The summed E-state index contributed by atoms with van der Waals surface area (Å²) < 4.78 is 20.1. The zero-order valence-corrected chi connectivity index (χ0v) is 23.2. The molecule has 1 unspecified atom stereocenters. The average molecular weight is 561 g/mol. The van der Waals surface area contributed by atoms with Crippen molar-refractivity contribution in [3.8, 4) is 17.2 Å². The van der Waals surface area contributed by atoms with Crippen molar-refractivity contribution in [2.45, 2.75) is 26.5 Å². The van der Waals surface area contributed by atoms with Crippen molar-refractivity contribution in [3.63, 3.8) is 0 Å². The normalized spacial score (nSPS) is 15.0. The molecule has 206 valence electrons. The first-order valence-electron chi connectivity index (χ1n) is 12.6. The first-order chi connectivity index (χ1) is 19.3. The minimum atomic E-state index is -0.544. The highest BCUT2D eigenvalue weighted by Gasteiger charge is 2.31. The summed E-state index contributed by atoms with van der Waals surface area (Å²) in [6.45, 7) is 4.02. The molecule has 0 radical (unpaired) electrons. The number of para-hydroxylation sites is 1. The molecule has 2 N–H and O–H groups in total. The fourth-order valence-electron chi connectivity index (χ4n) is 4.54. The molecule has 11 nitrogen and oxygen atoms in total. The summed E-state index contributed by atoms with van der Waals surface area (Å²) in [7, 11) is 2.98. The van der Waals surface area contributed by atoms with Crippen molar-refractivity contribution in [2.75, 3.05) is 13.7 Å². The van der Waals surface area contributed by atoms with Gasteiger partial charge in [-0.15, -0.1) is 0 Å². The maximum Gasteiger partial charge on any atom is 0.337 e. The van der Waals surface area contributed by atoms with Crippen LogP contribution in [0.15, 0.2) is 70.8 Å². The number of aromatic nitrogens is 4. The zero-order chi connectivity index (χ0) is 28.4. The largest absolute Gasteiger partial charge is 0.490 e. The number of allylic oxidation sites excluding steroid dienone is 1. The minimum absolute atomic E-state index is 0.00315. The lowest BCUT2D eigenvalue weighted by Crippen LogP contribution is -2.45. The molecule has 12 heteroatoms. The Bertz CT molecular complexity index is 1690. The number of esters is 1. The summed E-state index contributed by atoms with van der Waals surface area (Å²) >= 11 is 5.33. The molecular formula is C28H28N6O5S. The first-order valence-corrected chi connectivity index (χ1v) is 13.0. The number of fused-ring (bicyclic) bond motifs is 1. The smallest absolute Gasteiger partial charge is 0.337 e. The van der Waals surface area contributed by atoms with Crippen molar-refractivity contribution in [1.82, 2.24) is 30.0 Å². The van der Waals surface area contributed by atoms with Gasteiger partial charge in [0.25, 0.3) is 5.56 Å². The fraction of sp³-hybridized carbons (Fsp3) is 0.250. The Morgan fingerprint density at radius 3 is 2.62 bits per heavy atom. The van der Waals surface area contributed by atoms with Gasteiger partial charge in [-0.1, -0.05) is 24.3 Å². The van der Waals surface area contributed by atoms with Crippen molar-refractivity contribution in [3.05, 3.63) is 87.7 Å². The molecule has 0 saturated carbocycles. The van der Waals surface area contributed by atoms with Gasteiger partial charge in [0, 0.05) is 12.7 Å². The maximum absolute atomic E-state index is 13.1. The summed E-state index contributed by atoms with van der Waals surface area (Å²) in [5.74, 6) is 0.862. The Balaban J connectivity index is 1.47. The van der Waals surface area contributed by atoms with Crippen LogP contribution >= 0.6 is 12.2 Å². The molecule has 2 aromatic heterocycles. The summed E-state index contributed by atoms with van der Waals surface area (Å²) in [5.41, 5.74) is 2.76. The number of methoxy groups -OCH3 is 1. The Labute approximate surface area is 235 Å². The van der Waals surface area contributed by atoms with Crippen LogP contribution in [0, 0.1) is 0 Å². The van der Waals surface area contributed by atoms with Crippen molar-refractivity contribution in [1.29, 1.82) is 0 Å². The molecule has 0 fully saturated rings. The van der Waals surface area contributed by atoms with E-state index in [2.05, 4.69) is 15.7 Å². The van der Waals surface area contributed by atoms with Gasteiger partial charge >= 0.3 is 5.97 Å². The SMILES string of the molecule is CCOc1cc(C2NC(=S)NC(C)=C2C(=O)OC)ccc1OCc1nc2c(cnn2-c2ccccc2)c(=O)n1C. The van der Waals surface area contributed by atoms with E-state index in [-0.39, 0.29) is 12.2 Å². The quantitative estimate of drug-likeness (QED) is 0.246. The fourth-order valence-corrected chi connectivity index (χ4v) is 4.81. The topological polar surface area (TPSA) is 122 Å². The number of hydrogen-bond acceptors (Lipinski definition) is 8.